The van der Waals surface area contributed by atoms with E-state index in [2.05, 4.69) is 4.98 Å². The van der Waals surface area contributed by atoms with Gasteiger partial charge in [0.15, 0.2) is 0 Å². The number of hydrogen-bond acceptors (Lipinski definition) is 2. The molecule has 0 aromatic carbocycles. The zero-order chi connectivity index (χ0) is 14.0. The molecule has 100 valence electrons. The van der Waals surface area contributed by atoms with Crippen molar-refractivity contribution < 1.29 is 4.42 Å². The maximum absolute atomic E-state index is 11.3. The molecule has 0 radical (unpaired) electrons. The maximum Gasteiger partial charge on any atom is 0.342 e. The van der Waals surface area contributed by atoms with E-state index in [1.165, 1.54) is 6.26 Å². The Balaban J connectivity index is 1.82. The monoisotopic (exact) mass is 265 g/mol. The van der Waals surface area contributed by atoms with Crippen molar-refractivity contribution >= 4 is 12.2 Å². The molecule has 2 rings (SSSR count). The first-order chi connectivity index (χ1) is 9.86. The third-order valence-corrected chi connectivity index (χ3v) is 2.49. The summed E-state index contributed by atoms with van der Waals surface area (Å²) in [7, 11) is 0. The molecule has 0 aliphatic rings. The second-order valence-corrected chi connectivity index (χ2v) is 3.97. The van der Waals surface area contributed by atoms with Crippen LogP contribution in [0, 0.1) is 0 Å². The number of H-pyrrole nitrogens is 1. The first-order valence-electron chi connectivity index (χ1n) is 6.25. The van der Waals surface area contributed by atoms with E-state index in [1.807, 2.05) is 54.8 Å². The first-order valence-corrected chi connectivity index (χ1v) is 6.25. The van der Waals surface area contributed by atoms with Gasteiger partial charge in [-0.3, -0.25) is 0 Å². The van der Waals surface area contributed by atoms with Gasteiger partial charge < -0.3 is 9.40 Å². The Morgan fingerprint density at radius 1 is 0.900 bits per heavy atom. The maximum atomic E-state index is 11.3. The van der Waals surface area contributed by atoms with Crippen molar-refractivity contribution in [1.82, 2.24) is 4.98 Å². The van der Waals surface area contributed by atoms with Gasteiger partial charge in [0.05, 0.1) is 11.8 Å². The lowest BCUT2D eigenvalue weighted by Gasteiger charge is -1.86. The minimum atomic E-state index is -0.332. The molecule has 20 heavy (non-hydrogen) atoms. The van der Waals surface area contributed by atoms with Crippen LogP contribution in [0.4, 0.5) is 0 Å². The van der Waals surface area contributed by atoms with E-state index in [-0.39, 0.29) is 5.63 Å². The van der Waals surface area contributed by atoms with Gasteiger partial charge in [0.2, 0.25) is 0 Å². The molecule has 1 N–H and O–H groups in total. The average molecular weight is 265 g/mol. The zero-order valence-electron chi connectivity index (χ0n) is 10.9. The molecule has 0 bridgehead atoms. The van der Waals surface area contributed by atoms with Crippen molar-refractivity contribution in [1.29, 1.82) is 0 Å². The number of nitrogens with one attached hydrogen (secondary N) is 1. The fourth-order valence-electron chi connectivity index (χ4n) is 1.53. The Hall–Kier alpha value is -2.81. The van der Waals surface area contributed by atoms with E-state index < -0.39 is 0 Å². The molecule has 3 heteroatoms. The van der Waals surface area contributed by atoms with E-state index in [9.17, 15) is 4.79 Å². The molecule has 0 atom stereocenters. The zero-order valence-corrected chi connectivity index (χ0v) is 10.9. The van der Waals surface area contributed by atoms with Crippen molar-refractivity contribution in [3.63, 3.8) is 0 Å². The van der Waals surface area contributed by atoms with E-state index in [0.29, 0.717) is 5.56 Å². The van der Waals surface area contributed by atoms with E-state index in [1.54, 1.807) is 24.3 Å². The summed E-state index contributed by atoms with van der Waals surface area (Å²) in [5, 5.41) is 0. The lowest BCUT2D eigenvalue weighted by atomic mass is 10.2. The lowest BCUT2D eigenvalue weighted by molar-refractivity contribution is 0.509. The standard InChI is InChI=1S/C17H15NO2/c19-17-15(10-8-14-20-17)9-5-3-1-2-4-6-11-16-12-7-13-18-16/h1-14,18H. The molecule has 0 spiro atoms. The lowest BCUT2D eigenvalue weighted by Crippen LogP contribution is -2.00. The van der Waals surface area contributed by atoms with Crippen LogP contribution in [-0.2, 0) is 0 Å². The molecule has 0 aliphatic carbocycles. The van der Waals surface area contributed by atoms with Gasteiger partial charge in [-0.05, 0) is 36.4 Å². The second-order valence-electron chi connectivity index (χ2n) is 3.97. The predicted molar refractivity (Wildman–Crippen MR) is 82.1 cm³/mol. The summed E-state index contributed by atoms with van der Waals surface area (Å²) in [5.41, 5.74) is 1.27. The van der Waals surface area contributed by atoms with Gasteiger partial charge in [-0.2, -0.15) is 0 Å². The van der Waals surface area contributed by atoms with Gasteiger partial charge in [0.25, 0.3) is 0 Å². The highest BCUT2D eigenvalue weighted by atomic mass is 16.4. The van der Waals surface area contributed by atoms with Gasteiger partial charge >= 0.3 is 5.63 Å². The molecule has 2 aromatic rings. The summed E-state index contributed by atoms with van der Waals surface area (Å²) < 4.78 is 4.75. The van der Waals surface area contributed by atoms with Crippen LogP contribution in [-0.4, -0.2) is 4.98 Å². The quantitative estimate of drug-likeness (QED) is 0.836. The smallest absolute Gasteiger partial charge is 0.342 e. The van der Waals surface area contributed by atoms with E-state index in [0.717, 1.165) is 5.69 Å². The molecular formula is C17H15NO2. The Kier molecular flexibility index (Phi) is 5.17. The van der Waals surface area contributed by atoms with Crippen LogP contribution in [0.2, 0.25) is 0 Å². The average Bonchev–Trinajstić information content (AvgIpc) is 2.97. The summed E-state index contributed by atoms with van der Waals surface area (Å²) in [4.78, 5) is 14.4. The van der Waals surface area contributed by atoms with Crippen LogP contribution in [0.25, 0.3) is 12.2 Å². The van der Waals surface area contributed by atoms with Gasteiger partial charge in [-0.1, -0.05) is 36.5 Å². The van der Waals surface area contributed by atoms with Gasteiger partial charge in [0.1, 0.15) is 0 Å². The van der Waals surface area contributed by atoms with Crippen LogP contribution in [0.1, 0.15) is 11.3 Å². The summed E-state index contributed by atoms with van der Waals surface area (Å²) in [6, 6.07) is 7.35. The fraction of sp³-hybridized carbons (Fsp3) is 0. The van der Waals surface area contributed by atoms with Gasteiger partial charge in [0, 0.05) is 11.9 Å². The predicted octanol–water partition coefficient (Wildman–Crippen LogP) is 3.81. The summed E-state index contributed by atoms with van der Waals surface area (Å²) in [6.07, 6.45) is 18.3. The van der Waals surface area contributed by atoms with Crippen LogP contribution in [0.15, 0.2) is 82.4 Å². The first kappa shape index (κ1) is 13.6. The SMILES string of the molecule is O=c1occcc1C=CC=CC=CC=Cc1ccc[nH]1. The summed E-state index contributed by atoms with van der Waals surface area (Å²) >= 11 is 0. The topological polar surface area (TPSA) is 46.0 Å². The van der Waals surface area contributed by atoms with Gasteiger partial charge in [-0.25, -0.2) is 4.79 Å². The van der Waals surface area contributed by atoms with E-state index in [4.69, 9.17) is 4.42 Å². The Bertz CT molecular complexity index is 686. The number of allylic oxidation sites excluding steroid dienone is 6. The van der Waals surface area contributed by atoms with Crippen LogP contribution < -0.4 is 5.63 Å². The van der Waals surface area contributed by atoms with Crippen molar-refractivity contribution in [3.05, 3.63) is 94.9 Å². The van der Waals surface area contributed by atoms with Crippen molar-refractivity contribution in [2.45, 2.75) is 0 Å². The van der Waals surface area contributed by atoms with Crippen molar-refractivity contribution in [2.24, 2.45) is 0 Å². The third-order valence-electron chi connectivity index (χ3n) is 2.49. The molecular weight excluding hydrogens is 250 g/mol. The van der Waals surface area contributed by atoms with Crippen LogP contribution >= 0.6 is 0 Å². The van der Waals surface area contributed by atoms with Crippen LogP contribution in [0.5, 0.6) is 0 Å². The summed E-state index contributed by atoms with van der Waals surface area (Å²) in [5.74, 6) is 0. The molecule has 0 saturated heterocycles. The van der Waals surface area contributed by atoms with Gasteiger partial charge in [-0.15, -0.1) is 0 Å². The Labute approximate surface area is 117 Å². The molecule has 0 unspecified atom stereocenters. The number of hydrogen-bond donors (Lipinski definition) is 1. The molecule has 0 amide bonds. The third kappa shape index (κ3) is 4.46. The molecule has 2 heterocycles. The largest absolute Gasteiger partial charge is 0.431 e. The minimum Gasteiger partial charge on any atom is -0.431 e. The molecule has 0 saturated carbocycles. The molecule has 2 aromatic heterocycles. The van der Waals surface area contributed by atoms with Crippen LogP contribution in [0.3, 0.4) is 0 Å². The normalized spacial score (nSPS) is 12.4. The highest BCUT2D eigenvalue weighted by molar-refractivity contribution is 5.49. The van der Waals surface area contributed by atoms with E-state index >= 15 is 0 Å². The number of rotatable bonds is 5. The summed E-state index contributed by atoms with van der Waals surface area (Å²) in [6.45, 7) is 0. The number of aromatic nitrogens is 1. The van der Waals surface area contributed by atoms with Crippen molar-refractivity contribution in [2.75, 3.05) is 0 Å². The fourth-order valence-corrected chi connectivity index (χ4v) is 1.53. The van der Waals surface area contributed by atoms with Crippen molar-refractivity contribution in [3.8, 4) is 0 Å². The highest BCUT2D eigenvalue weighted by Gasteiger charge is 1.91. The molecule has 0 aliphatic heterocycles. The molecule has 0 fully saturated rings. The Morgan fingerprint density at radius 3 is 2.35 bits per heavy atom. The molecule has 3 nitrogen and oxygen atoms in total. The second kappa shape index (κ2) is 7.59. The Morgan fingerprint density at radius 2 is 1.65 bits per heavy atom. The minimum absolute atomic E-state index is 0.332. The number of aromatic amines is 1. The highest BCUT2D eigenvalue weighted by Crippen LogP contribution is 1.97.